The van der Waals surface area contributed by atoms with E-state index in [9.17, 15) is 9.59 Å². The summed E-state index contributed by atoms with van der Waals surface area (Å²) in [5, 5.41) is 3.40. The SMILES string of the molecule is COCC[n+]1c(N)c(C(=O)NC2CCCC2)cc2c(=O)n3ccccc3nc21. The first kappa shape index (κ1) is 18.4. The van der Waals surface area contributed by atoms with Gasteiger partial charge in [-0.15, -0.1) is 0 Å². The van der Waals surface area contributed by atoms with Crippen LogP contribution in [0.5, 0.6) is 0 Å². The van der Waals surface area contributed by atoms with Gasteiger partial charge in [0.2, 0.25) is 11.5 Å². The largest absolute Gasteiger partial charge is 0.381 e. The van der Waals surface area contributed by atoms with Gasteiger partial charge in [-0.25, -0.2) is 4.57 Å². The molecule has 1 fully saturated rings. The summed E-state index contributed by atoms with van der Waals surface area (Å²) in [5.41, 5.74) is 7.39. The molecule has 0 radical (unpaired) electrons. The fraction of sp³-hybridized carbons (Fsp3) is 0.400. The summed E-state index contributed by atoms with van der Waals surface area (Å²) >= 11 is 0. The van der Waals surface area contributed by atoms with Crippen LogP contribution < -0.4 is 21.2 Å². The fourth-order valence-corrected chi connectivity index (χ4v) is 3.82. The Morgan fingerprint density at radius 3 is 2.93 bits per heavy atom. The molecule has 0 atom stereocenters. The maximum absolute atomic E-state index is 13.1. The molecule has 146 valence electrons. The molecule has 8 nitrogen and oxygen atoms in total. The Balaban J connectivity index is 1.91. The van der Waals surface area contributed by atoms with Crippen LogP contribution in [0.15, 0.2) is 35.3 Å². The van der Waals surface area contributed by atoms with Crippen LogP contribution in [0.4, 0.5) is 5.82 Å². The second-order valence-corrected chi connectivity index (χ2v) is 7.13. The van der Waals surface area contributed by atoms with Crippen LogP contribution in [0.3, 0.4) is 0 Å². The number of fused-ring (bicyclic) bond motifs is 2. The third-order valence-electron chi connectivity index (χ3n) is 5.31. The highest BCUT2D eigenvalue weighted by molar-refractivity contribution is 6.00. The number of nitrogens with two attached hydrogens (primary N) is 1. The number of pyridine rings is 2. The number of methoxy groups -OCH3 is 1. The van der Waals surface area contributed by atoms with E-state index in [1.165, 1.54) is 4.40 Å². The third-order valence-corrected chi connectivity index (χ3v) is 5.31. The van der Waals surface area contributed by atoms with Gasteiger partial charge in [0.1, 0.15) is 10.9 Å². The lowest BCUT2D eigenvalue weighted by atomic mass is 10.1. The highest BCUT2D eigenvalue weighted by atomic mass is 16.5. The highest BCUT2D eigenvalue weighted by Gasteiger charge is 2.26. The number of carbonyl (C=O) groups excluding carboxylic acids is 1. The van der Waals surface area contributed by atoms with Gasteiger partial charge in [0, 0.05) is 19.3 Å². The average molecular weight is 382 g/mol. The molecule has 3 aromatic heterocycles. The molecule has 3 N–H and O–H groups in total. The molecule has 3 aromatic rings. The van der Waals surface area contributed by atoms with Gasteiger partial charge in [-0.2, -0.15) is 0 Å². The van der Waals surface area contributed by atoms with Crippen molar-refractivity contribution in [3.63, 3.8) is 0 Å². The Kier molecular flexibility index (Phi) is 4.95. The summed E-state index contributed by atoms with van der Waals surface area (Å²) in [6.07, 6.45) is 5.83. The number of nitrogens with one attached hydrogen (secondary N) is 1. The lowest BCUT2D eigenvalue weighted by Gasteiger charge is -2.15. The van der Waals surface area contributed by atoms with Crippen molar-refractivity contribution in [1.29, 1.82) is 0 Å². The number of anilines is 1. The number of aromatic nitrogens is 3. The van der Waals surface area contributed by atoms with E-state index in [1.54, 1.807) is 36.1 Å². The predicted molar refractivity (Wildman–Crippen MR) is 105 cm³/mol. The molecule has 0 unspecified atom stereocenters. The van der Waals surface area contributed by atoms with E-state index in [4.69, 9.17) is 10.5 Å². The number of amides is 1. The molecule has 3 heterocycles. The normalized spacial score (nSPS) is 14.8. The van der Waals surface area contributed by atoms with Crippen molar-refractivity contribution in [1.82, 2.24) is 14.7 Å². The van der Waals surface area contributed by atoms with Gasteiger partial charge in [-0.1, -0.05) is 23.9 Å². The maximum atomic E-state index is 13.1. The number of nitrogens with zero attached hydrogens (tertiary/aromatic N) is 3. The maximum Gasteiger partial charge on any atom is 0.278 e. The lowest BCUT2D eigenvalue weighted by molar-refractivity contribution is -0.660. The van der Waals surface area contributed by atoms with Crippen LogP contribution in [0.25, 0.3) is 16.7 Å². The number of hydrogen-bond acceptors (Lipinski definition) is 5. The first-order chi connectivity index (χ1) is 13.6. The predicted octanol–water partition coefficient (Wildman–Crippen LogP) is 1.04. The highest BCUT2D eigenvalue weighted by Crippen LogP contribution is 2.20. The molecule has 0 aromatic carbocycles. The molecule has 1 aliphatic carbocycles. The third kappa shape index (κ3) is 3.20. The molecule has 28 heavy (non-hydrogen) atoms. The Hall–Kier alpha value is -3.00. The van der Waals surface area contributed by atoms with Gasteiger partial charge in [0.15, 0.2) is 0 Å². The van der Waals surface area contributed by atoms with Gasteiger partial charge < -0.3 is 15.8 Å². The lowest BCUT2D eigenvalue weighted by Crippen LogP contribution is -2.44. The summed E-state index contributed by atoms with van der Waals surface area (Å²) in [6, 6.07) is 7.07. The molecule has 0 aliphatic heterocycles. The minimum Gasteiger partial charge on any atom is -0.381 e. The van der Waals surface area contributed by atoms with Crippen molar-refractivity contribution in [2.24, 2.45) is 0 Å². The summed E-state index contributed by atoms with van der Waals surface area (Å²) in [5.74, 6) is 0.0299. The number of hydrogen-bond donors (Lipinski definition) is 2. The van der Waals surface area contributed by atoms with E-state index >= 15 is 0 Å². The Bertz CT molecular complexity index is 1100. The van der Waals surface area contributed by atoms with Gasteiger partial charge >= 0.3 is 0 Å². The second-order valence-electron chi connectivity index (χ2n) is 7.13. The Morgan fingerprint density at radius 1 is 1.39 bits per heavy atom. The van der Waals surface area contributed by atoms with Crippen molar-refractivity contribution in [3.05, 3.63) is 46.4 Å². The Morgan fingerprint density at radius 2 is 2.18 bits per heavy atom. The zero-order valence-corrected chi connectivity index (χ0v) is 15.9. The number of carbonyl (C=O) groups is 1. The quantitative estimate of drug-likeness (QED) is 0.507. The van der Waals surface area contributed by atoms with Gasteiger partial charge in [0.05, 0.1) is 13.2 Å². The van der Waals surface area contributed by atoms with Crippen LogP contribution in [-0.4, -0.2) is 35.1 Å². The van der Waals surface area contributed by atoms with Crippen LogP contribution in [0.2, 0.25) is 0 Å². The van der Waals surface area contributed by atoms with E-state index in [0.29, 0.717) is 35.4 Å². The van der Waals surface area contributed by atoms with E-state index in [2.05, 4.69) is 10.3 Å². The van der Waals surface area contributed by atoms with Crippen LogP contribution in [0.1, 0.15) is 36.0 Å². The second kappa shape index (κ2) is 7.55. The first-order valence-corrected chi connectivity index (χ1v) is 9.53. The van der Waals surface area contributed by atoms with Crippen LogP contribution in [0, 0.1) is 0 Å². The molecular weight excluding hydrogens is 358 g/mol. The molecule has 0 bridgehead atoms. The Labute approximate surface area is 161 Å². The van der Waals surface area contributed by atoms with Crippen LogP contribution >= 0.6 is 0 Å². The fourth-order valence-electron chi connectivity index (χ4n) is 3.82. The molecule has 0 saturated heterocycles. The van der Waals surface area contributed by atoms with Gasteiger partial charge in [0.25, 0.3) is 17.1 Å². The molecule has 1 saturated carbocycles. The van der Waals surface area contributed by atoms with E-state index in [-0.39, 0.29) is 23.3 Å². The van der Waals surface area contributed by atoms with Gasteiger partial charge in [-0.05, 0) is 31.0 Å². The number of ether oxygens (including phenoxy) is 1. The van der Waals surface area contributed by atoms with Crippen molar-refractivity contribution in [3.8, 4) is 0 Å². The molecule has 4 rings (SSSR count). The molecule has 1 amide bonds. The van der Waals surface area contributed by atoms with E-state index in [1.807, 2.05) is 6.07 Å². The summed E-state index contributed by atoms with van der Waals surface area (Å²) in [6.45, 7) is 0.770. The minimum atomic E-state index is -0.255. The summed E-state index contributed by atoms with van der Waals surface area (Å²) < 4.78 is 8.35. The first-order valence-electron chi connectivity index (χ1n) is 9.53. The van der Waals surface area contributed by atoms with Crippen molar-refractivity contribution >= 4 is 28.4 Å². The molecular formula is C20H24N5O3+. The van der Waals surface area contributed by atoms with Crippen LogP contribution in [-0.2, 0) is 11.3 Å². The summed E-state index contributed by atoms with van der Waals surface area (Å²) in [7, 11) is 1.59. The van der Waals surface area contributed by atoms with Crippen molar-refractivity contribution < 1.29 is 14.1 Å². The monoisotopic (exact) mass is 382 g/mol. The molecule has 1 aliphatic rings. The minimum absolute atomic E-state index is 0.158. The van der Waals surface area contributed by atoms with Gasteiger partial charge in [-0.3, -0.25) is 14.0 Å². The molecule has 0 spiro atoms. The standard InChI is InChI=1S/C20H23N5O3/c1-28-11-10-25-17(21)14(19(26)22-13-6-2-3-7-13)12-15-18(25)23-16-8-4-5-9-24(16)20(15)27/h4-5,8-9,12-13,21H,2-3,6-7,10-11H2,1H3,(H,22,26)/p+1. The smallest absolute Gasteiger partial charge is 0.278 e. The number of nitrogen functional groups attached to an aromatic ring is 1. The topological polar surface area (TPSA) is 103 Å². The van der Waals surface area contributed by atoms with Crippen molar-refractivity contribution in [2.45, 2.75) is 38.3 Å². The van der Waals surface area contributed by atoms with E-state index in [0.717, 1.165) is 25.7 Å². The zero-order chi connectivity index (χ0) is 19.7. The average Bonchev–Trinajstić information content (AvgIpc) is 3.20. The summed E-state index contributed by atoms with van der Waals surface area (Å²) in [4.78, 5) is 30.6. The van der Waals surface area contributed by atoms with E-state index < -0.39 is 0 Å². The zero-order valence-electron chi connectivity index (χ0n) is 15.9. The number of rotatable bonds is 5. The van der Waals surface area contributed by atoms with Crippen molar-refractivity contribution in [2.75, 3.05) is 19.5 Å². The molecule has 8 heteroatoms.